The molecule has 2 saturated heterocycles. The number of methoxy groups -OCH3 is 1. The Labute approximate surface area is 187 Å². The highest BCUT2D eigenvalue weighted by molar-refractivity contribution is 6.00. The summed E-state index contributed by atoms with van der Waals surface area (Å²) in [5.74, 6) is -0.211. The van der Waals surface area contributed by atoms with E-state index in [4.69, 9.17) is 4.74 Å². The molecule has 0 saturated carbocycles. The van der Waals surface area contributed by atoms with Gasteiger partial charge in [0.1, 0.15) is 5.75 Å². The summed E-state index contributed by atoms with van der Waals surface area (Å²) in [6.07, 6.45) is 0.141. The molecule has 168 valence electrons. The Balaban J connectivity index is 1.24. The van der Waals surface area contributed by atoms with Crippen molar-refractivity contribution in [2.75, 3.05) is 56.2 Å². The fourth-order valence-corrected chi connectivity index (χ4v) is 4.17. The van der Waals surface area contributed by atoms with Crippen LogP contribution in [0.2, 0.25) is 0 Å². The summed E-state index contributed by atoms with van der Waals surface area (Å²) in [5, 5.41) is 2.73. The van der Waals surface area contributed by atoms with E-state index in [1.54, 1.807) is 41.2 Å². The van der Waals surface area contributed by atoms with Crippen LogP contribution in [0.1, 0.15) is 6.42 Å². The van der Waals surface area contributed by atoms with Gasteiger partial charge in [-0.25, -0.2) is 0 Å². The average molecular weight is 437 g/mol. The van der Waals surface area contributed by atoms with E-state index in [1.807, 2.05) is 18.2 Å². The number of carbonyl (C=O) groups is 3. The number of nitrogens with zero attached hydrogens (tertiary/aromatic N) is 3. The minimum atomic E-state index is -0.465. The van der Waals surface area contributed by atoms with Gasteiger partial charge in [-0.2, -0.15) is 0 Å². The van der Waals surface area contributed by atoms with Crippen molar-refractivity contribution in [2.45, 2.75) is 6.42 Å². The molecule has 0 aromatic heterocycles. The zero-order chi connectivity index (χ0) is 22.5. The first-order valence-corrected chi connectivity index (χ1v) is 10.8. The van der Waals surface area contributed by atoms with Crippen LogP contribution in [0.25, 0.3) is 0 Å². The summed E-state index contributed by atoms with van der Waals surface area (Å²) < 4.78 is 5.14. The normalized spacial score (nSPS) is 18.6. The molecular weight excluding hydrogens is 408 g/mol. The third kappa shape index (κ3) is 4.85. The monoisotopic (exact) mass is 436 g/mol. The molecule has 4 rings (SSSR count). The van der Waals surface area contributed by atoms with E-state index >= 15 is 0 Å². The van der Waals surface area contributed by atoms with Crippen molar-refractivity contribution >= 4 is 29.1 Å². The standard InChI is InChI=1S/C24H28N4O4/c1-32-21-9-7-20(8-10-21)28-17-18(15-22(28)29)24(31)25-16-23(30)27-13-11-26(12-14-27)19-5-3-2-4-6-19/h2-10,18H,11-17H2,1H3,(H,25,31). The molecule has 0 aliphatic carbocycles. The predicted molar refractivity (Wildman–Crippen MR) is 122 cm³/mol. The third-order valence-corrected chi connectivity index (χ3v) is 6.05. The zero-order valence-electron chi connectivity index (χ0n) is 18.2. The van der Waals surface area contributed by atoms with Crippen molar-refractivity contribution in [3.05, 3.63) is 54.6 Å². The second kappa shape index (κ2) is 9.72. The van der Waals surface area contributed by atoms with E-state index < -0.39 is 5.92 Å². The Hall–Kier alpha value is -3.55. The summed E-state index contributed by atoms with van der Waals surface area (Å²) in [7, 11) is 1.58. The lowest BCUT2D eigenvalue weighted by Crippen LogP contribution is -2.51. The van der Waals surface area contributed by atoms with Gasteiger partial charge in [0.15, 0.2) is 0 Å². The Morgan fingerprint density at radius 2 is 1.66 bits per heavy atom. The van der Waals surface area contributed by atoms with Gasteiger partial charge < -0.3 is 24.8 Å². The van der Waals surface area contributed by atoms with Crippen LogP contribution in [0.3, 0.4) is 0 Å². The van der Waals surface area contributed by atoms with E-state index in [1.165, 1.54) is 0 Å². The highest BCUT2D eigenvalue weighted by Gasteiger charge is 2.35. The fraction of sp³-hybridized carbons (Fsp3) is 0.375. The average Bonchev–Trinajstić information content (AvgIpc) is 3.24. The topological polar surface area (TPSA) is 82.2 Å². The number of piperazine rings is 1. The van der Waals surface area contributed by atoms with Gasteiger partial charge in [-0.15, -0.1) is 0 Å². The van der Waals surface area contributed by atoms with Crippen LogP contribution in [0.4, 0.5) is 11.4 Å². The molecule has 2 aromatic carbocycles. The number of para-hydroxylation sites is 1. The van der Waals surface area contributed by atoms with E-state index in [0.29, 0.717) is 25.4 Å². The van der Waals surface area contributed by atoms with Gasteiger partial charge in [-0.1, -0.05) is 18.2 Å². The van der Waals surface area contributed by atoms with Gasteiger partial charge in [0.2, 0.25) is 17.7 Å². The van der Waals surface area contributed by atoms with Crippen LogP contribution >= 0.6 is 0 Å². The Bertz CT molecular complexity index is 956. The number of amides is 3. The molecule has 0 bridgehead atoms. The fourth-order valence-electron chi connectivity index (χ4n) is 4.17. The molecule has 3 amide bonds. The van der Waals surface area contributed by atoms with Gasteiger partial charge in [-0.05, 0) is 36.4 Å². The Morgan fingerprint density at radius 1 is 0.969 bits per heavy atom. The predicted octanol–water partition coefficient (Wildman–Crippen LogP) is 1.51. The minimum Gasteiger partial charge on any atom is -0.497 e. The van der Waals surface area contributed by atoms with Crippen molar-refractivity contribution in [1.29, 1.82) is 0 Å². The number of hydrogen-bond acceptors (Lipinski definition) is 5. The van der Waals surface area contributed by atoms with Gasteiger partial charge >= 0.3 is 0 Å². The van der Waals surface area contributed by atoms with E-state index in [2.05, 4.69) is 22.3 Å². The number of ether oxygens (including phenoxy) is 1. The number of benzene rings is 2. The van der Waals surface area contributed by atoms with Gasteiger partial charge in [0.25, 0.3) is 0 Å². The largest absolute Gasteiger partial charge is 0.497 e. The van der Waals surface area contributed by atoms with Crippen LogP contribution < -0.4 is 19.9 Å². The molecule has 2 heterocycles. The molecule has 0 spiro atoms. The maximum absolute atomic E-state index is 12.6. The van der Waals surface area contributed by atoms with Crippen molar-refractivity contribution in [2.24, 2.45) is 5.92 Å². The summed E-state index contributed by atoms with van der Waals surface area (Å²) >= 11 is 0. The molecule has 8 nitrogen and oxygen atoms in total. The Kier molecular flexibility index (Phi) is 6.58. The van der Waals surface area contributed by atoms with Crippen molar-refractivity contribution in [3.63, 3.8) is 0 Å². The first-order valence-electron chi connectivity index (χ1n) is 10.8. The van der Waals surface area contributed by atoms with Crippen molar-refractivity contribution in [1.82, 2.24) is 10.2 Å². The minimum absolute atomic E-state index is 0.0442. The first kappa shape index (κ1) is 21.7. The molecule has 1 atom stereocenters. The lowest BCUT2D eigenvalue weighted by Gasteiger charge is -2.36. The van der Waals surface area contributed by atoms with Crippen LogP contribution in [0, 0.1) is 5.92 Å². The number of nitrogens with one attached hydrogen (secondary N) is 1. The lowest BCUT2D eigenvalue weighted by atomic mass is 10.1. The molecule has 1 unspecified atom stereocenters. The second-order valence-electron chi connectivity index (χ2n) is 8.02. The van der Waals surface area contributed by atoms with Crippen LogP contribution in [0.15, 0.2) is 54.6 Å². The quantitative estimate of drug-likeness (QED) is 0.743. The van der Waals surface area contributed by atoms with Gasteiger partial charge in [-0.3, -0.25) is 14.4 Å². The SMILES string of the molecule is COc1ccc(N2CC(C(=O)NCC(=O)N3CCN(c4ccccc4)CC3)CC2=O)cc1. The zero-order valence-corrected chi connectivity index (χ0v) is 18.2. The number of anilines is 2. The van der Waals surface area contributed by atoms with Gasteiger partial charge in [0.05, 0.1) is 19.6 Å². The van der Waals surface area contributed by atoms with E-state index in [0.717, 1.165) is 24.5 Å². The number of hydrogen-bond donors (Lipinski definition) is 1. The number of carbonyl (C=O) groups excluding carboxylic acids is 3. The summed E-state index contributed by atoms with van der Waals surface area (Å²) in [6, 6.07) is 17.3. The maximum Gasteiger partial charge on any atom is 0.242 e. The molecule has 2 aliphatic heterocycles. The van der Waals surface area contributed by atoms with Crippen LogP contribution in [-0.2, 0) is 14.4 Å². The third-order valence-electron chi connectivity index (χ3n) is 6.05. The van der Waals surface area contributed by atoms with Gasteiger partial charge in [0, 0.05) is 50.5 Å². The summed E-state index contributed by atoms with van der Waals surface area (Å²) in [6.45, 7) is 3.03. The van der Waals surface area contributed by atoms with E-state index in [-0.39, 0.29) is 30.7 Å². The first-order chi connectivity index (χ1) is 15.5. The second-order valence-corrected chi connectivity index (χ2v) is 8.02. The molecule has 2 fully saturated rings. The molecular formula is C24H28N4O4. The number of rotatable bonds is 6. The van der Waals surface area contributed by atoms with Crippen LogP contribution in [-0.4, -0.2) is 69.0 Å². The molecule has 8 heteroatoms. The molecule has 0 radical (unpaired) electrons. The van der Waals surface area contributed by atoms with E-state index in [9.17, 15) is 14.4 Å². The smallest absolute Gasteiger partial charge is 0.242 e. The molecule has 2 aliphatic rings. The molecule has 2 aromatic rings. The van der Waals surface area contributed by atoms with Crippen molar-refractivity contribution < 1.29 is 19.1 Å². The Morgan fingerprint density at radius 3 is 2.31 bits per heavy atom. The molecule has 32 heavy (non-hydrogen) atoms. The summed E-state index contributed by atoms with van der Waals surface area (Å²) in [4.78, 5) is 43.2. The maximum atomic E-state index is 12.6. The van der Waals surface area contributed by atoms with Crippen LogP contribution in [0.5, 0.6) is 5.75 Å². The highest BCUT2D eigenvalue weighted by Crippen LogP contribution is 2.27. The van der Waals surface area contributed by atoms with Crippen molar-refractivity contribution in [3.8, 4) is 5.75 Å². The lowest BCUT2D eigenvalue weighted by molar-refractivity contribution is -0.134. The highest BCUT2D eigenvalue weighted by atomic mass is 16.5. The summed E-state index contributed by atoms with van der Waals surface area (Å²) in [5.41, 5.74) is 1.89. The molecule has 1 N–H and O–H groups in total.